The van der Waals surface area contributed by atoms with Crippen LogP contribution in [0, 0.1) is 0 Å². The van der Waals surface area contributed by atoms with Crippen molar-refractivity contribution in [3.8, 4) is 6.01 Å². The van der Waals surface area contributed by atoms with Gasteiger partial charge in [-0.2, -0.15) is 23.1 Å². The van der Waals surface area contributed by atoms with E-state index in [0.29, 0.717) is 63.2 Å². The largest absolute Gasteiger partial charge is 0.467 e. The Kier molecular flexibility index (Phi) is 7.18. The zero-order valence-corrected chi connectivity index (χ0v) is 20.1. The molecule has 2 aliphatic heterocycles. The molecule has 7 nitrogen and oxygen atoms in total. The first kappa shape index (κ1) is 24.8. The number of benzene rings is 1. The topological polar surface area (TPSA) is 61.8 Å². The lowest BCUT2D eigenvalue weighted by Gasteiger charge is -2.38. The minimum atomic E-state index is -4.45. The van der Waals surface area contributed by atoms with Gasteiger partial charge in [-0.25, -0.2) is 0 Å². The van der Waals surface area contributed by atoms with E-state index < -0.39 is 11.7 Å². The monoisotopic (exact) mass is 489 g/mol. The lowest BCUT2D eigenvalue weighted by Crippen LogP contribution is -2.49. The van der Waals surface area contributed by atoms with Gasteiger partial charge in [-0.05, 0) is 30.5 Å². The van der Waals surface area contributed by atoms with E-state index >= 15 is 0 Å². The lowest BCUT2D eigenvalue weighted by molar-refractivity contribution is -0.137. The maximum atomic E-state index is 14.1. The van der Waals surface area contributed by atoms with Crippen LogP contribution in [0.5, 0.6) is 6.01 Å². The number of halogens is 3. The van der Waals surface area contributed by atoms with Crippen molar-refractivity contribution >= 4 is 17.4 Å². The highest BCUT2D eigenvalue weighted by Crippen LogP contribution is 2.41. The highest BCUT2D eigenvalue weighted by molar-refractivity contribution is 5.87. The zero-order chi connectivity index (χ0) is 25.2. The van der Waals surface area contributed by atoms with E-state index in [9.17, 15) is 18.0 Å². The van der Waals surface area contributed by atoms with Crippen LogP contribution < -0.4 is 14.5 Å². The number of ether oxygens (including phenoxy) is 1. The predicted octanol–water partition coefficient (Wildman–Crippen LogP) is 3.85. The summed E-state index contributed by atoms with van der Waals surface area (Å²) in [4.78, 5) is 26.6. The van der Waals surface area contributed by atoms with Gasteiger partial charge in [0.25, 0.3) is 0 Å². The number of alkyl halides is 3. The summed E-state index contributed by atoms with van der Waals surface area (Å²) in [6.07, 6.45) is -1.62. The second-order valence-electron chi connectivity index (χ2n) is 8.71. The van der Waals surface area contributed by atoms with Crippen LogP contribution in [0.2, 0.25) is 0 Å². The molecular weight excluding hydrogens is 459 g/mol. The van der Waals surface area contributed by atoms with Crippen molar-refractivity contribution < 1.29 is 22.7 Å². The Balaban J connectivity index is 1.65. The van der Waals surface area contributed by atoms with Crippen molar-refractivity contribution in [2.75, 3.05) is 49.6 Å². The molecule has 1 fully saturated rings. The van der Waals surface area contributed by atoms with Crippen LogP contribution >= 0.6 is 0 Å². The number of hydrogen-bond donors (Lipinski definition) is 0. The fraction of sp³-hybridized carbons (Fsp3) is 0.480. The molecule has 1 aromatic carbocycles. The van der Waals surface area contributed by atoms with Crippen LogP contribution in [-0.4, -0.2) is 60.6 Å². The molecule has 0 bridgehead atoms. The number of nitrogens with zero attached hydrogens (tertiary/aromatic N) is 5. The number of methoxy groups -OCH3 is 1. The summed E-state index contributed by atoms with van der Waals surface area (Å²) in [5.74, 6) is 0.626. The third-order valence-corrected chi connectivity index (χ3v) is 6.54. The van der Waals surface area contributed by atoms with Crippen molar-refractivity contribution in [3.05, 3.63) is 53.2 Å². The van der Waals surface area contributed by atoms with Crippen LogP contribution in [0.4, 0.5) is 24.7 Å². The van der Waals surface area contributed by atoms with Crippen molar-refractivity contribution in [2.45, 2.75) is 38.9 Å². The Morgan fingerprint density at radius 3 is 2.51 bits per heavy atom. The van der Waals surface area contributed by atoms with Crippen LogP contribution in [0.1, 0.15) is 35.7 Å². The summed E-state index contributed by atoms with van der Waals surface area (Å²) in [6.45, 7) is 8.33. The molecule has 0 aliphatic carbocycles. The molecule has 2 aliphatic rings. The number of carbonyl (C=O) groups excluding carboxylic acids is 1. The van der Waals surface area contributed by atoms with Gasteiger partial charge in [0.2, 0.25) is 5.91 Å². The molecule has 0 N–H and O–H groups in total. The fourth-order valence-electron chi connectivity index (χ4n) is 4.87. The van der Waals surface area contributed by atoms with E-state index in [1.54, 1.807) is 28.0 Å². The molecule has 10 heteroatoms. The average Bonchev–Trinajstić information content (AvgIpc) is 2.86. The van der Waals surface area contributed by atoms with E-state index in [4.69, 9.17) is 4.74 Å². The summed E-state index contributed by atoms with van der Waals surface area (Å²) in [7, 11) is 1.47. The standard InChI is InChI=1S/C25H30F3N5O2/c1-4-7-17-8-6-9-20(22(17)25(26,27)28)33-11-10-18-19(16-33)29-24(35-3)30-23(18)32-14-12-31(13-15-32)21(34)5-2/h5-6,8-9H,2,4,7,10-16H2,1,3H3. The van der Waals surface area contributed by atoms with Crippen molar-refractivity contribution in [1.82, 2.24) is 14.9 Å². The molecular formula is C25H30F3N5O2. The van der Waals surface area contributed by atoms with Crippen LogP contribution in [-0.2, 0) is 30.4 Å². The molecule has 0 saturated carbocycles. The highest BCUT2D eigenvalue weighted by Gasteiger charge is 2.38. The number of piperazine rings is 1. The lowest BCUT2D eigenvalue weighted by atomic mass is 9.97. The minimum Gasteiger partial charge on any atom is -0.467 e. The number of anilines is 2. The molecule has 35 heavy (non-hydrogen) atoms. The van der Waals surface area contributed by atoms with Gasteiger partial charge in [0.1, 0.15) is 5.82 Å². The molecule has 1 amide bonds. The maximum Gasteiger partial charge on any atom is 0.418 e. The number of fused-ring (bicyclic) bond motifs is 1. The molecule has 3 heterocycles. The quantitative estimate of drug-likeness (QED) is 0.575. The predicted molar refractivity (Wildman–Crippen MR) is 128 cm³/mol. The average molecular weight is 490 g/mol. The summed E-state index contributed by atoms with van der Waals surface area (Å²) >= 11 is 0. The van der Waals surface area contributed by atoms with E-state index in [1.807, 2.05) is 6.92 Å². The van der Waals surface area contributed by atoms with E-state index in [0.717, 1.165) is 11.4 Å². The first-order valence-electron chi connectivity index (χ1n) is 11.8. The second-order valence-corrected chi connectivity index (χ2v) is 8.71. The molecule has 0 spiro atoms. The number of aryl methyl sites for hydroxylation is 1. The Morgan fingerprint density at radius 2 is 1.89 bits per heavy atom. The molecule has 0 radical (unpaired) electrons. The Morgan fingerprint density at radius 1 is 1.14 bits per heavy atom. The molecule has 4 rings (SSSR count). The summed E-state index contributed by atoms with van der Waals surface area (Å²) in [6, 6.07) is 4.98. The molecule has 0 atom stereocenters. The molecule has 1 aromatic heterocycles. The zero-order valence-electron chi connectivity index (χ0n) is 20.1. The van der Waals surface area contributed by atoms with Gasteiger partial charge in [0, 0.05) is 44.0 Å². The maximum absolute atomic E-state index is 14.1. The molecule has 1 saturated heterocycles. The van der Waals surface area contributed by atoms with Gasteiger partial charge in [0.05, 0.1) is 24.9 Å². The Bertz CT molecular complexity index is 1100. The van der Waals surface area contributed by atoms with Crippen LogP contribution in [0.25, 0.3) is 0 Å². The van der Waals surface area contributed by atoms with Crippen molar-refractivity contribution in [1.29, 1.82) is 0 Å². The van der Waals surface area contributed by atoms with Gasteiger partial charge in [-0.3, -0.25) is 4.79 Å². The third kappa shape index (κ3) is 5.06. The Hall–Kier alpha value is -3.30. The third-order valence-electron chi connectivity index (χ3n) is 6.54. The summed E-state index contributed by atoms with van der Waals surface area (Å²) < 4.78 is 47.7. The van der Waals surface area contributed by atoms with Crippen molar-refractivity contribution in [2.24, 2.45) is 0 Å². The number of rotatable bonds is 6. The SMILES string of the molecule is C=CC(=O)N1CCN(c2nc(OC)nc3c2CCN(c2cccc(CCC)c2C(F)(F)F)C3)CC1. The van der Waals surface area contributed by atoms with Crippen LogP contribution in [0.15, 0.2) is 30.9 Å². The number of aromatic nitrogens is 2. The second kappa shape index (κ2) is 10.1. The van der Waals surface area contributed by atoms with E-state index in [-0.39, 0.29) is 24.1 Å². The highest BCUT2D eigenvalue weighted by atomic mass is 19.4. The van der Waals surface area contributed by atoms with Gasteiger partial charge in [-0.15, -0.1) is 0 Å². The van der Waals surface area contributed by atoms with Crippen molar-refractivity contribution in [3.63, 3.8) is 0 Å². The normalized spacial score (nSPS) is 16.2. The van der Waals surface area contributed by atoms with Gasteiger partial charge in [-0.1, -0.05) is 32.1 Å². The molecule has 0 unspecified atom stereocenters. The number of carbonyl (C=O) groups is 1. The van der Waals surface area contributed by atoms with Gasteiger partial charge < -0.3 is 19.4 Å². The minimum absolute atomic E-state index is 0.103. The first-order chi connectivity index (χ1) is 16.8. The summed E-state index contributed by atoms with van der Waals surface area (Å²) in [5.41, 5.74) is 1.52. The number of hydrogen-bond acceptors (Lipinski definition) is 6. The molecule has 188 valence electrons. The van der Waals surface area contributed by atoms with Crippen LogP contribution in [0.3, 0.4) is 0 Å². The van der Waals surface area contributed by atoms with E-state index in [2.05, 4.69) is 21.4 Å². The molecule has 2 aromatic rings. The first-order valence-corrected chi connectivity index (χ1v) is 11.8. The van der Waals surface area contributed by atoms with E-state index in [1.165, 1.54) is 13.2 Å². The Labute approximate surface area is 203 Å². The smallest absolute Gasteiger partial charge is 0.418 e. The van der Waals surface area contributed by atoms with Gasteiger partial charge in [0.15, 0.2) is 0 Å². The summed E-state index contributed by atoms with van der Waals surface area (Å²) in [5, 5.41) is 0. The fourth-order valence-corrected chi connectivity index (χ4v) is 4.87. The van der Waals surface area contributed by atoms with Gasteiger partial charge >= 0.3 is 12.2 Å². The number of amides is 1.